The van der Waals surface area contributed by atoms with Crippen molar-refractivity contribution < 1.29 is 14.7 Å². The lowest BCUT2D eigenvalue weighted by molar-refractivity contribution is -0.140. The highest BCUT2D eigenvalue weighted by molar-refractivity contribution is 5.80. The van der Waals surface area contributed by atoms with E-state index in [9.17, 15) is 14.7 Å². The lowest BCUT2D eigenvalue weighted by Gasteiger charge is -2.37. The van der Waals surface area contributed by atoms with Crippen molar-refractivity contribution in [2.75, 3.05) is 40.3 Å². The molecule has 0 aliphatic carbocycles. The summed E-state index contributed by atoms with van der Waals surface area (Å²) < 4.78 is 0. The van der Waals surface area contributed by atoms with Gasteiger partial charge in [0.2, 0.25) is 5.91 Å². The Morgan fingerprint density at radius 1 is 1.05 bits per heavy atom. The fourth-order valence-electron chi connectivity index (χ4n) is 3.01. The molecule has 0 radical (unpaired) electrons. The van der Waals surface area contributed by atoms with E-state index in [1.807, 2.05) is 0 Å². The minimum absolute atomic E-state index is 0.00603. The van der Waals surface area contributed by atoms with Crippen LogP contribution in [0.3, 0.4) is 0 Å². The summed E-state index contributed by atoms with van der Waals surface area (Å²) in [7, 11) is 3.49. The molecule has 2 aliphatic heterocycles. The molecule has 2 saturated heterocycles. The van der Waals surface area contributed by atoms with E-state index in [0.717, 1.165) is 32.2 Å². The average molecular weight is 283 g/mol. The van der Waals surface area contributed by atoms with Crippen molar-refractivity contribution in [2.45, 2.75) is 31.8 Å². The number of carbonyl (C=O) groups excluding carboxylic acids is 2. The summed E-state index contributed by atoms with van der Waals surface area (Å²) in [5.74, 6) is 0.159. The third kappa shape index (κ3) is 3.42. The maximum Gasteiger partial charge on any atom is 0.319 e. The highest BCUT2D eigenvalue weighted by atomic mass is 16.3. The number of urea groups is 1. The molecule has 2 heterocycles. The predicted octanol–water partition coefficient (Wildman–Crippen LogP) is 0.363. The molecule has 0 aromatic rings. The van der Waals surface area contributed by atoms with Crippen molar-refractivity contribution in [3.8, 4) is 0 Å². The molecule has 1 atom stereocenters. The number of aliphatic hydroxyl groups excluding tert-OH is 1. The second-order valence-corrected chi connectivity index (χ2v) is 6.02. The van der Waals surface area contributed by atoms with E-state index in [-0.39, 0.29) is 24.0 Å². The molecule has 0 aromatic heterocycles. The lowest BCUT2D eigenvalue weighted by atomic mass is 9.94. The molecule has 2 fully saturated rings. The first kappa shape index (κ1) is 15.1. The Morgan fingerprint density at radius 3 is 2.25 bits per heavy atom. The van der Waals surface area contributed by atoms with Crippen LogP contribution in [0.5, 0.6) is 0 Å². The van der Waals surface area contributed by atoms with Gasteiger partial charge in [-0.25, -0.2) is 4.79 Å². The molecule has 2 rings (SSSR count). The third-order valence-corrected chi connectivity index (χ3v) is 4.21. The van der Waals surface area contributed by atoms with Gasteiger partial charge in [-0.05, 0) is 25.7 Å². The first-order valence-corrected chi connectivity index (χ1v) is 7.42. The number of β-amino-alcohol motifs (C(OH)–C–C–N with tert-alkyl or cyclic N) is 1. The largest absolute Gasteiger partial charge is 0.391 e. The summed E-state index contributed by atoms with van der Waals surface area (Å²) in [5.41, 5.74) is 0. The smallest absolute Gasteiger partial charge is 0.319 e. The summed E-state index contributed by atoms with van der Waals surface area (Å²) in [6, 6.07) is 0.0179. The zero-order valence-corrected chi connectivity index (χ0v) is 12.4. The minimum atomic E-state index is -0.372. The SMILES string of the molecule is CN(C)C(=O)N1CCC(C(=O)N2CCCC(O)C2)CC1. The van der Waals surface area contributed by atoms with Gasteiger partial charge < -0.3 is 19.8 Å². The van der Waals surface area contributed by atoms with Crippen LogP contribution in [0.1, 0.15) is 25.7 Å². The van der Waals surface area contributed by atoms with Gasteiger partial charge in [0.15, 0.2) is 0 Å². The second-order valence-electron chi connectivity index (χ2n) is 6.02. The molecule has 0 bridgehead atoms. The standard InChI is InChI=1S/C14H25N3O3/c1-15(2)14(20)16-8-5-11(6-9-16)13(19)17-7-3-4-12(18)10-17/h11-12,18H,3-10H2,1-2H3. The molecular formula is C14H25N3O3. The Morgan fingerprint density at radius 2 is 1.70 bits per heavy atom. The Kier molecular flexibility index (Phi) is 4.86. The van der Waals surface area contributed by atoms with Crippen LogP contribution in [-0.2, 0) is 4.79 Å². The van der Waals surface area contributed by atoms with Gasteiger partial charge in [-0.15, -0.1) is 0 Å². The van der Waals surface area contributed by atoms with Crippen molar-refractivity contribution >= 4 is 11.9 Å². The highest BCUT2D eigenvalue weighted by Crippen LogP contribution is 2.22. The van der Waals surface area contributed by atoms with Gasteiger partial charge >= 0.3 is 6.03 Å². The van der Waals surface area contributed by atoms with Crippen LogP contribution < -0.4 is 0 Å². The van der Waals surface area contributed by atoms with Crippen LogP contribution in [0.4, 0.5) is 4.79 Å². The molecule has 1 N–H and O–H groups in total. The van der Waals surface area contributed by atoms with E-state index in [0.29, 0.717) is 19.6 Å². The molecule has 3 amide bonds. The quantitative estimate of drug-likeness (QED) is 0.756. The Balaban J connectivity index is 1.84. The number of hydrogen-bond donors (Lipinski definition) is 1. The number of rotatable bonds is 1. The number of carbonyl (C=O) groups is 2. The van der Waals surface area contributed by atoms with Crippen LogP contribution in [0.2, 0.25) is 0 Å². The van der Waals surface area contributed by atoms with Crippen LogP contribution in [-0.4, -0.2) is 78.1 Å². The van der Waals surface area contributed by atoms with E-state index in [1.54, 1.807) is 28.8 Å². The minimum Gasteiger partial charge on any atom is -0.391 e. The summed E-state index contributed by atoms with van der Waals surface area (Å²) in [6.45, 7) is 2.51. The van der Waals surface area contributed by atoms with Gasteiger partial charge in [0.25, 0.3) is 0 Å². The highest BCUT2D eigenvalue weighted by Gasteiger charge is 2.32. The molecule has 20 heavy (non-hydrogen) atoms. The number of amides is 3. The van der Waals surface area contributed by atoms with Crippen molar-refractivity contribution in [3.05, 3.63) is 0 Å². The number of likely N-dealkylation sites (tertiary alicyclic amines) is 2. The van der Waals surface area contributed by atoms with Crippen molar-refractivity contribution in [1.82, 2.24) is 14.7 Å². The lowest BCUT2D eigenvalue weighted by Crippen LogP contribution is -2.49. The zero-order valence-electron chi connectivity index (χ0n) is 12.4. The van der Waals surface area contributed by atoms with Crippen LogP contribution in [0, 0.1) is 5.92 Å². The molecule has 6 nitrogen and oxygen atoms in total. The van der Waals surface area contributed by atoms with Gasteiger partial charge in [-0.3, -0.25) is 4.79 Å². The van der Waals surface area contributed by atoms with Crippen LogP contribution in [0.15, 0.2) is 0 Å². The van der Waals surface area contributed by atoms with E-state index >= 15 is 0 Å². The number of nitrogens with zero attached hydrogens (tertiary/aromatic N) is 3. The molecular weight excluding hydrogens is 258 g/mol. The van der Waals surface area contributed by atoms with E-state index in [4.69, 9.17) is 0 Å². The molecule has 1 unspecified atom stereocenters. The number of hydrogen-bond acceptors (Lipinski definition) is 3. The van der Waals surface area contributed by atoms with Crippen molar-refractivity contribution in [3.63, 3.8) is 0 Å². The summed E-state index contributed by atoms with van der Waals surface area (Å²) >= 11 is 0. The normalized spacial score (nSPS) is 24.6. The van der Waals surface area contributed by atoms with Gasteiger partial charge in [0.1, 0.15) is 0 Å². The summed E-state index contributed by atoms with van der Waals surface area (Å²) in [4.78, 5) is 29.4. The average Bonchev–Trinajstić information content (AvgIpc) is 2.46. The molecule has 0 spiro atoms. The van der Waals surface area contributed by atoms with E-state index in [1.165, 1.54) is 0 Å². The maximum atomic E-state index is 12.4. The second kappa shape index (κ2) is 6.43. The first-order chi connectivity index (χ1) is 9.49. The Hall–Kier alpha value is -1.30. The van der Waals surface area contributed by atoms with E-state index < -0.39 is 0 Å². The maximum absolute atomic E-state index is 12.4. The molecule has 114 valence electrons. The van der Waals surface area contributed by atoms with Gasteiger partial charge in [0, 0.05) is 46.2 Å². The Labute approximate surface area is 120 Å². The van der Waals surface area contributed by atoms with Crippen molar-refractivity contribution in [2.24, 2.45) is 5.92 Å². The molecule has 0 aromatic carbocycles. The first-order valence-electron chi connectivity index (χ1n) is 7.42. The van der Waals surface area contributed by atoms with Gasteiger partial charge in [0.05, 0.1) is 6.10 Å². The number of aliphatic hydroxyl groups is 1. The topological polar surface area (TPSA) is 64.1 Å². The summed E-state index contributed by atoms with van der Waals surface area (Å²) in [5, 5.41) is 9.65. The zero-order chi connectivity index (χ0) is 14.7. The summed E-state index contributed by atoms with van der Waals surface area (Å²) in [6.07, 6.45) is 2.75. The van der Waals surface area contributed by atoms with Crippen LogP contribution in [0.25, 0.3) is 0 Å². The Bertz CT molecular complexity index is 365. The fraction of sp³-hybridized carbons (Fsp3) is 0.857. The van der Waals surface area contributed by atoms with Crippen molar-refractivity contribution in [1.29, 1.82) is 0 Å². The van der Waals surface area contributed by atoms with Gasteiger partial charge in [-0.1, -0.05) is 0 Å². The predicted molar refractivity (Wildman–Crippen MR) is 75.2 cm³/mol. The van der Waals surface area contributed by atoms with Gasteiger partial charge in [-0.2, -0.15) is 0 Å². The molecule has 2 aliphatic rings. The third-order valence-electron chi connectivity index (χ3n) is 4.21. The fourth-order valence-corrected chi connectivity index (χ4v) is 3.01. The van der Waals surface area contributed by atoms with Crippen LogP contribution >= 0.6 is 0 Å². The molecule has 0 saturated carbocycles. The number of piperidine rings is 2. The molecule has 6 heteroatoms. The van der Waals surface area contributed by atoms with E-state index in [2.05, 4.69) is 0 Å². The monoisotopic (exact) mass is 283 g/mol.